The van der Waals surface area contributed by atoms with E-state index in [9.17, 15) is 0 Å². The van der Waals surface area contributed by atoms with Crippen LogP contribution in [-0.2, 0) is 11.3 Å². The molecule has 0 radical (unpaired) electrons. The lowest BCUT2D eigenvalue weighted by Gasteiger charge is -2.30. The van der Waals surface area contributed by atoms with Crippen molar-refractivity contribution in [2.24, 2.45) is 0 Å². The van der Waals surface area contributed by atoms with Gasteiger partial charge in [-0.3, -0.25) is 0 Å². The van der Waals surface area contributed by atoms with Crippen molar-refractivity contribution >= 4 is 11.4 Å². The van der Waals surface area contributed by atoms with Gasteiger partial charge in [0.2, 0.25) is 11.8 Å². The first-order chi connectivity index (χ1) is 14.3. The van der Waals surface area contributed by atoms with E-state index in [1.807, 2.05) is 30.3 Å². The Morgan fingerprint density at radius 2 is 1.79 bits per heavy atom. The summed E-state index contributed by atoms with van der Waals surface area (Å²) >= 11 is 0. The molecule has 1 N–H and O–H groups in total. The van der Waals surface area contributed by atoms with Gasteiger partial charge in [-0.2, -0.15) is 0 Å². The van der Waals surface area contributed by atoms with Gasteiger partial charge in [0.25, 0.3) is 0 Å². The van der Waals surface area contributed by atoms with Gasteiger partial charge in [-0.25, -0.2) is 0 Å². The summed E-state index contributed by atoms with van der Waals surface area (Å²) in [6.07, 6.45) is 0. The lowest BCUT2D eigenvalue weighted by molar-refractivity contribution is 0.123. The summed E-state index contributed by atoms with van der Waals surface area (Å²) in [5, 5.41) is 11.7. The first-order valence-corrected chi connectivity index (χ1v) is 9.49. The lowest BCUT2D eigenvalue weighted by atomic mass is 10.2. The maximum atomic E-state index is 5.84. The molecule has 0 aliphatic carbocycles. The Balaban J connectivity index is 1.47. The molecule has 2 heterocycles. The van der Waals surface area contributed by atoms with Crippen molar-refractivity contribution in [3.8, 4) is 23.0 Å². The molecule has 3 aromatic rings. The van der Waals surface area contributed by atoms with Crippen molar-refractivity contribution in [1.29, 1.82) is 0 Å². The smallest absolute Gasteiger partial charge is 0.247 e. The van der Waals surface area contributed by atoms with Crippen LogP contribution in [0.5, 0.6) is 11.5 Å². The summed E-state index contributed by atoms with van der Waals surface area (Å²) in [5.74, 6) is 2.20. The molecule has 0 spiro atoms. The van der Waals surface area contributed by atoms with Crippen LogP contribution in [-0.4, -0.2) is 50.7 Å². The Kier molecular flexibility index (Phi) is 5.81. The third kappa shape index (κ3) is 4.27. The first-order valence-electron chi connectivity index (χ1n) is 9.49. The Hall–Kier alpha value is -3.26. The molecule has 2 aromatic carbocycles. The molecule has 0 saturated carbocycles. The van der Waals surface area contributed by atoms with Crippen LogP contribution in [0.2, 0.25) is 0 Å². The van der Waals surface area contributed by atoms with E-state index in [1.54, 1.807) is 14.2 Å². The van der Waals surface area contributed by atoms with Crippen LogP contribution < -0.4 is 19.7 Å². The molecule has 4 rings (SSSR count). The molecule has 1 aromatic heterocycles. The number of hydrogen-bond acceptors (Lipinski definition) is 8. The van der Waals surface area contributed by atoms with Crippen molar-refractivity contribution in [3.05, 3.63) is 48.4 Å². The SMILES string of the molecule is COc1ccc(-c2nnc(CNc3ccccc3N3CCOCC3)o2)cc1OC. The topological polar surface area (TPSA) is 81.9 Å². The number of morpholine rings is 1. The summed E-state index contributed by atoms with van der Waals surface area (Å²) < 4.78 is 21.9. The maximum Gasteiger partial charge on any atom is 0.247 e. The fraction of sp³-hybridized carbons (Fsp3) is 0.333. The van der Waals surface area contributed by atoms with Gasteiger partial charge < -0.3 is 28.8 Å². The normalized spacial score (nSPS) is 13.9. The number of aromatic nitrogens is 2. The molecule has 0 amide bonds. The largest absolute Gasteiger partial charge is 0.493 e. The van der Waals surface area contributed by atoms with E-state index in [0.717, 1.165) is 43.2 Å². The number of para-hydroxylation sites is 2. The number of nitrogens with zero attached hydrogens (tertiary/aromatic N) is 3. The summed E-state index contributed by atoms with van der Waals surface area (Å²) in [4.78, 5) is 2.31. The van der Waals surface area contributed by atoms with Gasteiger partial charge in [-0.05, 0) is 30.3 Å². The standard InChI is InChI=1S/C21H24N4O4/c1-26-18-8-7-15(13-19(18)27-2)21-24-23-20(29-21)14-22-16-5-3-4-6-17(16)25-9-11-28-12-10-25/h3-8,13,22H,9-12,14H2,1-2H3. The van der Waals surface area contributed by atoms with Gasteiger partial charge in [0.05, 0.1) is 45.4 Å². The zero-order valence-corrected chi connectivity index (χ0v) is 16.6. The van der Waals surface area contributed by atoms with E-state index in [-0.39, 0.29) is 0 Å². The number of anilines is 2. The predicted molar refractivity (Wildman–Crippen MR) is 110 cm³/mol. The van der Waals surface area contributed by atoms with Crippen molar-refractivity contribution in [2.75, 3.05) is 50.7 Å². The minimum absolute atomic E-state index is 0.432. The van der Waals surface area contributed by atoms with Crippen LogP contribution in [0.15, 0.2) is 46.9 Å². The number of ether oxygens (including phenoxy) is 3. The van der Waals surface area contributed by atoms with E-state index in [2.05, 4.69) is 32.5 Å². The van der Waals surface area contributed by atoms with E-state index in [1.165, 1.54) is 0 Å². The van der Waals surface area contributed by atoms with E-state index in [4.69, 9.17) is 18.6 Å². The fourth-order valence-corrected chi connectivity index (χ4v) is 3.28. The summed E-state index contributed by atoms with van der Waals surface area (Å²) in [6, 6.07) is 13.7. The highest BCUT2D eigenvalue weighted by Gasteiger charge is 2.16. The maximum absolute atomic E-state index is 5.84. The zero-order valence-electron chi connectivity index (χ0n) is 16.6. The fourth-order valence-electron chi connectivity index (χ4n) is 3.28. The number of rotatable bonds is 7. The average molecular weight is 396 g/mol. The second-order valence-corrected chi connectivity index (χ2v) is 6.54. The van der Waals surface area contributed by atoms with Crippen LogP contribution in [0.3, 0.4) is 0 Å². The Bertz CT molecular complexity index is 953. The van der Waals surface area contributed by atoms with Crippen LogP contribution in [0.4, 0.5) is 11.4 Å². The molecule has 0 unspecified atom stereocenters. The van der Waals surface area contributed by atoms with Crippen LogP contribution in [0.1, 0.15) is 5.89 Å². The van der Waals surface area contributed by atoms with E-state index in [0.29, 0.717) is 29.8 Å². The average Bonchev–Trinajstić information content (AvgIpc) is 3.27. The van der Waals surface area contributed by atoms with Gasteiger partial charge >= 0.3 is 0 Å². The molecular formula is C21H24N4O4. The van der Waals surface area contributed by atoms with Gasteiger partial charge in [0.1, 0.15) is 0 Å². The zero-order chi connectivity index (χ0) is 20.1. The Labute approximate surface area is 169 Å². The Morgan fingerprint density at radius 3 is 2.59 bits per heavy atom. The molecule has 1 aliphatic heterocycles. The van der Waals surface area contributed by atoms with Gasteiger partial charge in [-0.15, -0.1) is 10.2 Å². The van der Waals surface area contributed by atoms with Gasteiger partial charge in [0, 0.05) is 18.7 Å². The number of nitrogens with one attached hydrogen (secondary N) is 1. The highest BCUT2D eigenvalue weighted by atomic mass is 16.5. The molecule has 8 heteroatoms. The van der Waals surface area contributed by atoms with E-state index < -0.39 is 0 Å². The summed E-state index contributed by atoms with van der Waals surface area (Å²) in [7, 11) is 3.19. The van der Waals surface area contributed by atoms with Crippen molar-refractivity contribution in [3.63, 3.8) is 0 Å². The number of hydrogen-bond donors (Lipinski definition) is 1. The minimum atomic E-state index is 0.432. The molecule has 29 heavy (non-hydrogen) atoms. The molecule has 0 atom stereocenters. The molecule has 1 aliphatic rings. The quantitative estimate of drug-likeness (QED) is 0.652. The van der Waals surface area contributed by atoms with Crippen molar-refractivity contribution in [2.45, 2.75) is 6.54 Å². The first kappa shape index (κ1) is 19.1. The molecule has 152 valence electrons. The molecule has 1 fully saturated rings. The summed E-state index contributed by atoms with van der Waals surface area (Å²) in [5.41, 5.74) is 2.95. The van der Waals surface area contributed by atoms with Crippen molar-refractivity contribution < 1.29 is 18.6 Å². The molecule has 0 bridgehead atoms. The number of benzene rings is 2. The second kappa shape index (κ2) is 8.83. The third-order valence-corrected chi connectivity index (χ3v) is 4.78. The molecule has 1 saturated heterocycles. The van der Waals surface area contributed by atoms with Crippen molar-refractivity contribution in [1.82, 2.24) is 10.2 Å². The van der Waals surface area contributed by atoms with Crippen LogP contribution in [0.25, 0.3) is 11.5 Å². The highest BCUT2D eigenvalue weighted by Crippen LogP contribution is 2.32. The van der Waals surface area contributed by atoms with E-state index >= 15 is 0 Å². The third-order valence-electron chi connectivity index (χ3n) is 4.78. The van der Waals surface area contributed by atoms with Gasteiger partial charge in [-0.1, -0.05) is 12.1 Å². The number of methoxy groups -OCH3 is 2. The Morgan fingerprint density at radius 1 is 1.00 bits per heavy atom. The predicted octanol–water partition coefficient (Wildman–Crippen LogP) is 3.20. The minimum Gasteiger partial charge on any atom is -0.493 e. The van der Waals surface area contributed by atoms with Crippen LogP contribution >= 0.6 is 0 Å². The monoisotopic (exact) mass is 396 g/mol. The molecule has 8 nitrogen and oxygen atoms in total. The summed E-state index contributed by atoms with van der Waals surface area (Å²) in [6.45, 7) is 3.67. The highest BCUT2D eigenvalue weighted by molar-refractivity contribution is 5.70. The van der Waals surface area contributed by atoms with Gasteiger partial charge in [0.15, 0.2) is 11.5 Å². The van der Waals surface area contributed by atoms with Crippen LogP contribution in [0, 0.1) is 0 Å². The second-order valence-electron chi connectivity index (χ2n) is 6.54. The molecular weight excluding hydrogens is 372 g/mol. The lowest BCUT2D eigenvalue weighted by Crippen LogP contribution is -2.36.